The number of oxime groups is 1. The highest BCUT2D eigenvalue weighted by Crippen LogP contribution is 2.25. The first-order chi connectivity index (χ1) is 5.42. The van der Waals surface area contributed by atoms with Crippen molar-refractivity contribution in [1.29, 1.82) is 0 Å². The lowest BCUT2D eigenvalue weighted by Gasteiger charge is -2.04. The minimum atomic E-state index is 0.208. The molecule has 2 aliphatic rings. The van der Waals surface area contributed by atoms with Crippen molar-refractivity contribution in [3.8, 4) is 0 Å². The second kappa shape index (κ2) is 2.38. The van der Waals surface area contributed by atoms with Gasteiger partial charge in [0.1, 0.15) is 0 Å². The van der Waals surface area contributed by atoms with Gasteiger partial charge in [-0.2, -0.15) is 0 Å². The highest BCUT2D eigenvalue weighted by atomic mass is 16.4. The van der Waals surface area contributed by atoms with Gasteiger partial charge in [-0.15, -0.1) is 0 Å². The SMILES string of the molecule is ON=C1[C@@H]2C=CC=C[C@H]1C=C2. The van der Waals surface area contributed by atoms with Crippen molar-refractivity contribution in [3.05, 3.63) is 36.5 Å². The second-order valence-electron chi connectivity index (χ2n) is 2.73. The summed E-state index contributed by atoms with van der Waals surface area (Å²) >= 11 is 0. The summed E-state index contributed by atoms with van der Waals surface area (Å²) in [6, 6.07) is 0. The molecule has 2 atom stereocenters. The molecule has 0 heterocycles. The quantitative estimate of drug-likeness (QED) is 0.316. The van der Waals surface area contributed by atoms with Crippen molar-refractivity contribution in [2.45, 2.75) is 0 Å². The lowest BCUT2D eigenvalue weighted by Crippen LogP contribution is -2.11. The molecule has 0 unspecified atom stereocenters. The van der Waals surface area contributed by atoms with Gasteiger partial charge >= 0.3 is 0 Å². The average molecular weight is 147 g/mol. The van der Waals surface area contributed by atoms with Gasteiger partial charge in [-0.1, -0.05) is 41.6 Å². The Morgan fingerprint density at radius 3 is 2.00 bits per heavy atom. The predicted octanol–water partition coefficient (Wildman–Crippen LogP) is 1.74. The molecule has 2 aliphatic carbocycles. The van der Waals surface area contributed by atoms with Crippen LogP contribution < -0.4 is 0 Å². The van der Waals surface area contributed by atoms with E-state index in [2.05, 4.69) is 17.3 Å². The van der Waals surface area contributed by atoms with Gasteiger partial charge in [0.15, 0.2) is 0 Å². The Labute approximate surface area is 65.2 Å². The van der Waals surface area contributed by atoms with Crippen molar-refractivity contribution in [2.24, 2.45) is 17.0 Å². The van der Waals surface area contributed by atoms with E-state index in [0.29, 0.717) is 0 Å². The van der Waals surface area contributed by atoms with Crippen LogP contribution in [0.5, 0.6) is 0 Å². The van der Waals surface area contributed by atoms with Crippen molar-refractivity contribution in [1.82, 2.24) is 0 Å². The molecule has 0 amide bonds. The minimum Gasteiger partial charge on any atom is -0.411 e. The zero-order chi connectivity index (χ0) is 7.68. The number of nitrogens with zero attached hydrogens (tertiary/aromatic N) is 1. The Balaban J connectivity index is 2.43. The van der Waals surface area contributed by atoms with E-state index in [0.717, 1.165) is 5.71 Å². The standard InChI is InChI=1S/C9H9NO/c11-10-9-7-3-1-2-4-8(9)6-5-7/h1-8,11H/t7-,8+. The topological polar surface area (TPSA) is 32.6 Å². The van der Waals surface area contributed by atoms with Gasteiger partial charge in [0, 0.05) is 11.8 Å². The first kappa shape index (κ1) is 6.40. The summed E-state index contributed by atoms with van der Waals surface area (Å²) in [4.78, 5) is 0. The van der Waals surface area contributed by atoms with Crippen molar-refractivity contribution in [2.75, 3.05) is 0 Å². The van der Waals surface area contributed by atoms with Gasteiger partial charge < -0.3 is 5.21 Å². The van der Waals surface area contributed by atoms with Crippen molar-refractivity contribution >= 4 is 5.71 Å². The van der Waals surface area contributed by atoms with Crippen LogP contribution in [0.2, 0.25) is 0 Å². The van der Waals surface area contributed by atoms with Gasteiger partial charge in [-0.3, -0.25) is 0 Å². The maximum atomic E-state index is 8.68. The van der Waals surface area contributed by atoms with Crippen LogP contribution in [0.1, 0.15) is 0 Å². The smallest absolute Gasteiger partial charge is 0.0783 e. The molecule has 1 N–H and O–H groups in total. The van der Waals surface area contributed by atoms with Crippen LogP contribution in [0, 0.1) is 11.8 Å². The molecule has 0 saturated heterocycles. The fourth-order valence-electron chi connectivity index (χ4n) is 1.49. The Kier molecular flexibility index (Phi) is 1.39. The van der Waals surface area contributed by atoms with E-state index in [1.165, 1.54) is 0 Å². The number of rotatable bonds is 0. The molecule has 2 heteroatoms. The third-order valence-corrected chi connectivity index (χ3v) is 2.07. The van der Waals surface area contributed by atoms with Crippen LogP contribution in [0.3, 0.4) is 0 Å². The van der Waals surface area contributed by atoms with E-state index in [1.807, 2.05) is 24.3 Å². The van der Waals surface area contributed by atoms with E-state index >= 15 is 0 Å². The maximum Gasteiger partial charge on any atom is 0.0783 e. The van der Waals surface area contributed by atoms with Crippen LogP contribution in [0.4, 0.5) is 0 Å². The molecule has 0 saturated carbocycles. The molecule has 2 nitrogen and oxygen atoms in total. The van der Waals surface area contributed by atoms with Crippen molar-refractivity contribution in [3.63, 3.8) is 0 Å². The monoisotopic (exact) mass is 147 g/mol. The van der Waals surface area contributed by atoms with Crippen LogP contribution in [-0.4, -0.2) is 10.9 Å². The summed E-state index contributed by atoms with van der Waals surface area (Å²) < 4.78 is 0. The molecule has 0 aromatic rings. The molecule has 0 aromatic heterocycles. The summed E-state index contributed by atoms with van der Waals surface area (Å²) in [7, 11) is 0. The van der Waals surface area contributed by atoms with Crippen molar-refractivity contribution < 1.29 is 5.21 Å². The highest BCUT2D eigenvalue weighted by molar-refractivity contribution is 5.97. The zero-order valence-electron chi connectivity index (χ0n) is 6.01. The Bertz CT molecular complexity index is 249. The molecular weight excluding hydrogens is 138 g/mol. The summed E-state index contributed by atoms with van der Waals surface area (Å²) in [5.41, 5.74) is 0.829. The van der Waals surface area contributed by atoms with E-state index in [4.69, 9.17) is 5.21 Å². The second-order valence-corrected chi connectivity index (χ2v) is 2.73. The Morgan fingerprint density at radius 2 is 1.55 bits per heavy atom. The lowest BCUT2D eigenvalue weighted by molar-refractivity contribution is 0.315. The van der Waals surface area contributed by atoms with E-state index in [-0.39, 0.29) is 11.8 Å². The third kappa shape index (κ3) is 0.909. The maximum absolute atomic E-state index is 8.68. The highest BCUT2D eigenvalue weighted by Gasteiger charge is 2.24. The lowest BCUT2D eigenvalue weighted by atomic mass is 10.0. The Morgan fingerprint density at radius 1 is 1.00 bits per heavy atom. The third-order valence-electron chi connectivity index (χ3n) is 2.07. The number of fused-ring (bicyclic) bond motifs is 2. The predicted molar refractivity (Wildman–Crippen MR) is 43.6 cm³/mol. The molecule has 0 aromatic carbocycles. The van der Waals surface area contributed by atoms with E-state index in [9.17, 15) is 0 Å². The minimum absolute atomic E-state index is 0.208. The van der Waals surface area contributed by atoms with Crippen LogP contribution >= 0.6 is 0 Å². The molecular formula is C9H9NO. The van der Waals surface area contributed by atoms with E-state index < -0.39 is 0 Å². The van der Waals surface area contributed by atoms with Crippen LogP contribution in [-0.2, 0) is 0 Å². The first-order valence-electron chi connectivity index (χ1n) is 3.67. The van der Waals surface area contributed by atoms with Gasteiger partial charge in [0.05, 0.1) is 5.71 Å². The molecule has 0 fully saturated rings. The fourth-order valence-corrected chi connectivity index (χ4v) is 1.49. The van der Waals surface area contributed by atoms with Gasteiger partial charge in [-0.05, 0) is 0 Å². The molecule has 2 rings (SSSR count). The van der Waals surface area contributed by atoms with Gasteiger partial charge in [-0.25, -0.2) is 0 Å². The van der Waals surface area contributed by atoms with Crippen LogP contribution in [0.15, 0.2) is 41.6 Å². The molecule has 56 valence electrons. The number of allylic oxidation sites excluding steroid dienone is 6. The summed E-state index contributed by atoms with van der Waals surface area (Å²) in [6.45, 7) is 0. The molecule has 2 bridgehead atoms. The Hall–Kier alpha value is -1.31. The van der Waals surface area contributed by atoms with E-state index in [1.54, 1.807) is 0 Å². The number of hydrogen-bond acceptors (Lipinski definition) is 2. The first-order valence-corrected chi connectivity index (χ1v) is 3.67. The van der Waals surface area contributed by atoms with Crippen LogP contribution in [0.25, 0.3) is 0 Å². The van der Waals surface area contributed by atoms with Gasteiger partial charge in [0.25, 0.3) is 0 Å². The average Bonchev–Trinajstić information content (AvgIpc) is 2.23. The summed E-state index contributed by atoms with van der Waals surface area (Å²) in [5, 5.41) is 12.0. The zero-order valence-corrected chi connectivity index (χ0v) is 6.01. The molecule has 0 radical (unpaired) electrons. The molecule has 11 heavy (non-hydrogen) atoms. The largest absolute Gasteiger partial charge is 0.411 e. The summed E-state index contributed by atoms with van der Waals surface area (Å²) in [6.07, 6.45) is 12.1. The molecule has 0 aliphatic heterocycles. The fraction of sp³-hybridized carbons (Fsp3) is 0.222. The van der Waals surface area contributed by atoms with Gasteiger partial charge in [0.2, 0.25) is 0 Å². The normalized spacial score (nSPS) is 36.5. The summed E-state index contributed by atoms with van der Waals surface area (Å²) in [5.74, 6) is 0.417. The molecule has 0 spiro atoms. The number of hydrogen-bond donors (Lipinski definition) is 1.